The van der Waals surface area contributed by atoms with Crippen LogP contribution in [0.5, 0.6) is 0 Å². The number of ether oxygens (including phenoxy) is 1. The smallest absolute Gasteiger partial charge is 0.100 e. The van der Waals surface area contributed by atoms with Crippen LogP contribution in [0.1, 0.15) is 67.2 Å². The number of rotatable bonds is 2. The second-order valence-corrected chi connectivity index (χ2v) is 8.32. The van der Waals surface area contributed by atoms with Crippen molar-refractivity contribution >= 4 is 0 Å². The molecule has 2 bridgehead atoms. The molecule has 106 valence electrons. The molecule has 2 fully saturated rings. The summed E-state index contributed by atoms with van der Waals surface area (Å²) >= 11 is 0. The summed E-state index contributed by atoms with van der Waals surface area (Å²) in [4.78, 5) is 2.63. The maximum atomic E-state index is 6.00. The Labute approximate surface area is 113 Å². The highest BCUT2D eigenvalue weighted by molar-refractivity contribution is 4.97. The lowest BCUT2D eigenvalue weighted by molar-refractivity contribution is -0.0966. The van der Waals surface area contributed by atoms with Crippen LogP contribution in [0.4, 0.5) is 0 Å². The minimum atomic E-state index is -0.0136. The van der Waals surface area contributed by atoms with Crippen molar-refractivity contribution in [1.82, 2.24) is 4.90 Å². The lowest BCUT2D eigenvalue weighted by Crippen LogP contribution is -2.47. The molecule has 18 heavy (non-hydrogen) atoms. The Morgan fingerprint density at radius 1 is 0.944 bits per heavy atom. The first-order chi connectivity index (χ1) is 8.17. The third-order valence-corrected chi connectivity index (χ3v) is 4.76. The van der Waals surface area contributed by atoms with E-state index in [1.54, 1.807) is 0 Å². The van der Waals surface area contributed by atoms with E-state index in [-0.39, 0.29) is 5.60 Å². The topological polar surface area (TPSA) is 12.5 Å². The highest BCUT2D eigenvalue weighted by Crippen LogP contribution is 2.45. The summed E-state index contributed by atoms with van der Waals surface area (Å²) in [6.45, 7) is 14.5. The van der Waals surface area contributed by atoms with Crippen molar-refractivity contribution in [3.63, 3.8) is 0 Å². The number of hydrogen-bond acceptors (Lipinski definition) is 2. The lowest BCUT2D eigenvalue weighted by Gasteiger charge is -2.44. The zero-order valence-corrected chi connectivity index (χ0v) is 13.1. The second kappa shape index (κ2) is 4.79. The maximum absolute atomic E-state index is 6.00. The van der Waals surface area contributed by atoms with Crippen molar-refractivity contribution in [3.8, 4) is 0 Å². The van der Waals surface area contributed by atoms with Gasteiger partial charge in [0.05, 0.1) is 5.60 Å². The minimum Gasteiger partial charge on any atom is -0.360 e. The van der Waals surface area contributed by atoms with E-state index >= 15 is 0 Å². The van der Waals surface area contributed by atoms with E-state index < -0.39 is 0 Å². The number of hydrogen-bond donors (Lipinski definition) is 0. The van der Waals surface area contributed by atoms with Gasteiger partial charge in [0, 0.05) is 12.1 Å². The van der Waals surface area contributed by atoms with Gasteiger partial charge in [-0.3, -0.25) is 4.90 Å². The van der Waals surface area contributed by atoms with Gasteiger partial charge in [0.15, 0.2) is 0 Å². The molecular formula is C16H31NO. The molecule has 0 radical (unpaired) electrons. The molecule has 2 aliphatic rings. The number of fused-ring (bicyclic) bond motifs is 2. The van der Waals surface area contributed by atoms with Crippen molar-refractivity contribution in [1.29, 1.82) is 0 Å². The van der Waals surface area contributed by atoms with E-state index in [9.17, 15) is 0 Å². The summed E-state index contributed by atoms with van der Waals surface area (Å²) in [5, 5.41) is 0. The van der Waals surface area contributed by atoms with Crippen LogP contribution in [-0.2, 0) is 4.74 Å². The maximum Gasteiger partial charge on any atom is 0.100 e. The van der Waals surface area contributed by atoms with E-state index in [1.165, 1.54) is 25.7 Å². The van der Waals surface area contributed by atoms with Crippen molar-refractivity contribution in [2.24, 2.45) is 11.3 Å². The van der Waals surface area contributed by atoms with Gasteiger partial charge in [0.2, 0.25) is 0 Å². The average molecular weight is 253 g/mol. The molecule has 2 unspecified atom stereocenters. The molecule has 2 atom stereocenters. The van der Waals surface area contributed by atoms with Gasteiger partial charge in [-0.2, -0.15) is 0 Å². The van der Waals surface area contributed by atoms with Gasteiger partial charge in [-0.25, -0.2) is 0 Å². The fraction of sp³-hybridized carbons (Fsp3) is 1.00. The van der Waals surface area contributed by atoms with Crippen LogP contribution in [0.25, 0.3) is 0 Å². The highest BCUT2D eigenvalue weighted by atomic mass is 16.5. The summed E-state index contributed by atoms with van der Waals surface area (Å²) < 4.78 is 6.00. The quantitative estimate of drug-likeness (QED) is 0.736. The molecule has 2 heterocycles. The second-order valence-electron chi connectivity index (χ2n) is 8.32. The lowest BCUT2D eigenvalue weighted by atomic mass is 9.73. The molecule has 0 spiro atoms. The fourth-order valence-corrected chi connectivity index (χ4v) is 3.46. The third kappa shape index (κ3) is 3.27. The van der Waals surface area contributed by atoms with E-state index in [0.717, 1.165) is 24.7 Å². The van der Waals surface area contributed by atoms with Gasteiger partial charge < -0.3 is 4.74 Å². The van der Waals surface area contributed by atoms with Gasteiger partial charge in [-0.1, -0.05) is 20.8 Å². The SMILES string of the molecule is CC(C)(C)OCN1C2CCC1CC(C(C)(C)C)C2. The molecule has 2 nitrogen and oxygen atoms in total. The third-order valence-electron chi connectivity index (χ3n) is 4.76. The summed E-state index contributed by atoms with van der Waals surface area (Å²) in [6, 6.07) is 1.55. The molecule has 0 aromatic rings. The van der Waals surface area contributed by atoms with Gasteiger partial charge in [-0.05, 0) is 57.8 Å². The summed E-state index contributed by atoms with van der Waals surface area (Å²) in [6.07, 6.45) is 5.50. The molecule has 0 saturated carbocycles. The number of nitrogens with zero attached hydrogens (tertiary/aromatic N) is 1. The zero-order chi connectivity index (χ0) is 13.6. The standard InChI is InChI=1S/C16H31NO/c1-15(2,3)12-9-13-7-8-14(10-12)17(13)11-18-16(4,5)6/h12-14H,7-11H2,1-6H3. The Morgan fingerprint density at radius 3 is 1.83 bits per heavy atom. The molecule has 0 aromatic carbocycles. The monoisotopic (exact) mass is 253 g/mol. The zero-order valence-electron chi connectivity index (χ0n) is 13.1. The van der Waals surface area contributed by atoms with E-state index in [4.69, 9.17) is 4.74 Å². The van der Waals surface area contributed by atoms with Gasteiger partial charge >= 0.3 is 0 Å². The Kier molecular flexibility index (Phi) is 3.81. The Balaban J connectivity index is 1.94. The van der Waals surface area contributed by atoms with Crippen LogP contribution in [0.3, 0.4) is 0 Å². The van der Waals surface area contributed by atoms with Crippen molar-refractivity contribution < 1.29 is 4.74 Å². The normalized spacial score (nSPS) is 34.0. The van der Waals surface area contributed by atoms with Crippen LogP contribution >= 0.6 is 0 Å². The highest BCUT2D eigenvalue weighted by Gasteiger charge is 2.44. The fourth-order valence-electron chi connectivity index (χ4n) is 3.46. The van der Waals surface area contributed by atoms with Crippen LogP contribution < -0.4 is 0 Å². The van der Waals surface area contributed by atoms with Crippen LogP contribution in [0.2, 0.25) is 0 Å². The first kappa shape index (κ1) is 14.3. The van der Waals surface area contributed by atoms with Crippen LogP contribution in [0, 0.1) is 11.3 Å². The summed E-state index contributed by atoms with van der Waals surface area (Å²) in [7, 11) is 0. The van der Waals surface area contributed by atoms with Crippen molar-refractivity contribution in [2.75, 3.05) is 6.73 Å². The predicted molar refractivity (Wildman–Crippen MR) is 76.5 cm³/mol. The molecule has 2 heteroatoms. The molecule has 0 aromatic heterocycles. The predicted octanol–water partition coefficient (Wildman–Crippen LogP) is 4.05. The van der Waals surface area contributed by atoms with E-state index in [1.807, 2.05) is 0 Å². The first-order valence-corrected chi connectivity index (χ1v) is 7.56. The molecule has 0 amide bonds. The molecule has 0 N–H and O–H groups in total. The van der Waals surface area contributed by atoms with Crippen LogP contribution in [-0.4, -0.2) is 29.3 Å². The largest absolute Gasteiger partial charge is 0.360 e. The van der Waals surface area contributed by atoms with Gasteiger partial charge in [0.1, 0.15) is 6.73 Å². The van der Waals surface area contributed by atoms with Crippen LogP contribution in [0.15, 0.2) is 0 Å². The molecule has 2 aliphatic heterocycles. The first-order valence-electron chi connectivity index (χ1n) is 7.56. The van der Waals surface area contributed by atoms with Crippen molar-refractivity contribution in [2.45, 2.75) is 84.9 Å². The molecule has 2 saturated heterocycles. The Hall–Kier alpha value is -0.0800. The average Bonchev–Trinajstić information content (AvgIpc) is 2.43. The van der Waals surface area contributed by atoms with Crippen molar-refractivity contribution in [3.05, 3.63) is 0 Å². The van der Waals surface area contributed by atoms with Gasteiger partial charge in [-0.15, -0.1) is 0 Å². The van der Waals surface area contributed by atoms with E-state index in [2.05, 4.69) is 46.4 Å². The summed E-state index contributed by atoms with van der Waals surface area (Å²) in [5.41, 5.74) is 0.456. The van der Waals surface area contributed by atoms with E-state index in [0.29, 0.717) is 5.41 Å². The number of piperidine rings is 1. The minimum absolute atomic E-state index is 0.0136. The van der Waals surface area contributed by atoms with Gasteiger partial charge in [0.25, 0.3) is 0 Å². The Bertz CT molecular complexity index is 272. The molecule has 0 aliphatic carbocycles. The molecule has 2 rings (SSSR count). The molecular weight excluding hydrogens is 222 g/mol. The Morgan fingerprint density at radius 2 is 1.44 bits per heavy atom. The summed E-state index contributed by atoms with van der Waals surface area (Å²) in [5.74, 6) is 0.890.